The van der Waals surface area contributed by atoms with Crippen molar-refractivity contribution in [1.82, 2.24) is 0 Å². The van der Waals surface area contributed by atoms with E-state index in [0.717, 1.165) is 25.7 Å². The number of carbonyl (C=O) groups is 1. The first kappa shape index (κ1) is 12.2. The molecule has 0 aromatic rings. The molecule has 3 heteroatoms. The Morgan fingerprint density at radius 1 is 1.46 bits per heavy atom. The van der Waals surface area contributed by atoms with Gasteiger partial charge in [-0.2, -0.15) is 0 Å². The van der Waals surface area contributed by atoms with Crippen LogP contribution in [0, 0.1) is 0 Å². The average molecular weight is 186 g/mol. The van der Waals surface area contributed by atoms with Gasteiger partial charge in [-0.1, -0.05) is 38.3 Å². The fourth-order valence-electron chi connectivity index (χ4n) is 1.03. The van der Waals surface area contributed by atoms with Crippen molar-refractivity contribution in [3.63, 3.8) is 0 Å². The zero-order chi connectivity index (χ0) is 10.1. The van der Waals surface area contributed by atoms with Crippen molar-refractivity contribution < 1.29 is 15.0 Å². The number of aliphatic hydroxyl groups is 1. The molecule has 0 aliphatic rings. The minimum absolute atomic E-state index is 0.00909. The van der Waals surface area contributed by atoms with E-state index >= 15 is 0 Å². The Hall–Kier alpha value is -0.830. The molecular weight excluding hydrogens is 168 g/mol. The van der Waals surface area contributed by atoms with Crippen molar-refractivity contribution in [1.29, 1.82) is 0 Å². The van der Waals surface area contributed by atoms with Gasteiger partial charge < -0.3 is 10.2 Å². The second kappa shape index (κ2) is 7.80. The summed E-state index contributed by atoms with van der Waals surface area (Å²) < 4.78 is 0. The van der Waals surface area contributed by atoms with Crippen LogP contribution in [0.1, 0.15) is 39.0 Å². The molecule has 0 heterocycles. The van der Waals surface area contributed by atoms with E-state index < -0.39 is 12.1 Å². The van der Waals surface area contributed by atoms with Crippen molar-refractivity contribution in [2.45, 2.75) is 45.1 Å². The van der Waals surface area contributed by atoms with E-state index in [1.807, 2.05) is 0 Å². The fraction of sp³-hybridized carbons (Fsp3) is 0.700. The van der Waals surface area contributed by atoms with Crippen LogP contribution in [0.15, 0.2) is 12.2 Å². The van der Waals surface area contributed by atoms with Gasteiger partial charge in [-0.25, -0.2) is 0 Å². The SMILES string of the molecule is CCCCCC(O)C=CCC(=O)O. The van der Waals surface area contributed by atoms with Crippen LogP contribution in [0.2, 0.25) is 0 Å². The van der Waals surface area contributed by atoms with E-state index in [1.165, 1.54) is 6.08 Å². The molecule has 0 amide bonds. The maximum atomic E-state index is 10.1. The number of unbranched alkanes of at least 4 members (excludes halogenated alkanes) is 2. The number of hydrogen-bond acceptors (Lipinski definition) is 2. The minimum Gasteiger partial charge on any atom is -0.481 e. The monoisotopic (exact) mass is 186 g/mol. The fourth-order valence-corrected chi connectivity index (χ4v) is 1.03. The van der Waals surface area contributed by atoms with E-state index in [2.05, 4.69) is 6.92 Å². The van der Waals surface area contributed by atoms with Gasteiger partial charge in [0, 0.05) is 0 Å². The lowest BCUT2D eigenvalue weighted by molar-refractivity contribution is -0.136. The van der Waals surface area contributed by atoms with E-state index in [4.69, 9.17) is 5.11 Å². The molecule has 0 spiro atoms. The molecule has 76 valence electrons. The number of aliphatic hydroxyl groups excluding tert-OH is 1. The Bertz CT molecular complexity index is 164. The molecule has 1 atom stereocenters. The quantitative estimate of drug-likeness (QED) is 0.472. The van der Waals surface area contributed by atoms with Crippen molar-refractivity contribution in [3.8, 4) is 0 Å². The number of carboxylic acids is 1. The molecule has 0 fully saturated rings. The summed E-state index contributed by atoms with van der Waals surface area (Å²) >= 11 is 0. The summed E-state index contributed by atoms with van der Waals surface area (Å²) in [4.78, 5) is 10.1. The highest BCUT2D eigenvalue weighted by molar-refractivity contribution is 5.68. The third-order valence-electron chi connectivity index (χ3n) is 1.75. The molecule has 13 heavy (non-hydrogen) atoms. The molecule has 0 aromatic carbocycles. The van der Waals surface area contributed by atoms with Gasteiger partial charge in [0.1, 0.15) is 0 Å². The lowest BCUT2D eigenvalue weighted by Gasteiger charge is -2.03. The molecule has 0 saturated carbocycles. The summed E-state index contributed by atoms with van der Waals surface area (Å²) in [7, 11) is 0. The number of aliphatic carboxylic acids is 1. The Labute approximate surface area is 79.1 Å². The molecule has 0 aliphatic heterocycles. The van der Waals surface area contributed by atoms with Crippen molar-refractivity contribution >= 4 is 5.97 Å². The maximum Gasteiger partial charge on any atom is 0.307 e. The van der Waals surface area contributed by atoms with Crippen molar-refractivity contribution in [2.75, 3.05) is 0 Å². The third-order valence-corrected chi connectivity index (χ3v) is 1.75. The normalized spacial score (nSPS) is 13.4. The van der Waals surface area contributed by atoms with Crippen LogP contribution in [0.25, 0.3) is 0 Å². The Balaban J connectivity index is 3.43. The molecule has 0 aromatic heterocycles. The van der Waals surface area contributed by atoms with Crippen LogP contribution in [0.5, 0.6) is 0 Å². The van der Waals surface area contributed by atoms with Gasteiger partial charge in [-0.3, -0.25) is 4.79 Å². The smallest absolute Gasteiger partial charge is 0.307 e. The predicted molar refractivity (Wildman–Crippen MR) is 51.5 cm³/mol. The number of rotatable bonds is 7. The van der Waals surface area contributed by atoms with Crippen LogP contribution in [-0.4, -0.2) is 22.3 Å². The second-order valence-corrected chi connectivity index (χ2v) is 3.09. The van der Waals surface area contributed by atoms with E-state index in [0.29, 0.717) is 0 Å². The van der Waals surface area contributed by atoms with Crippen molar-refractivity contribution in [3.05, 3.63) is 12.2 Å². The van der Waals surface area contributed by atoms with Crippen LogP contribution in [-0.2, 0) is 4.79 Å². The second-order valence-electron chi connectivity index (χ2n) is 3.09. The standard InChI is InChI=1S/C10H18O3/c1-2-3-4-6-9(11)7-5-8-10(12)13/h5,7,9,11H,2-4,6,8H2,1H3,(H,12,13). The molecule has 0 bridgehead atoms. The van der Waals surface area contributed by atoms with Crippen LogP contribution >= 0.6 is 0 Å². The number of hydrogen-bond donors (Lipinski definition) is 2. The number of carboxylic acid groups (broad SMARTS) is 1. The highest BCUT2D eigenvalue weighted by Gasteiger charge is 1.98. The highest BCUT2D eigenvalue weighted by Crippen LogP contribution is 2.04. The summed E-state index contributed by atoms with van der Waals surface area (Å²) in [6.07, 6.45) is 6.54. The topological polar surface area (TPSA) is 57.5 Å². The average Bonchev–Trinajstić information content (AvgIpc) is 2.04. The van der Waals surface area contributed by atoms with Gasteiger partial charge in [0.2, 0.25) is 0 Å². The summed E-state index contributed by atoms with van der Waals surface area (Å²) in [5.74, 6) is -0.864. The summed E-state index contributed by atoms with van der Waals surface area (Å²) in [6, 6.07) is 0. The predicted octanol–water partition coefficient (Wildman–Crippen LogP) is 1.96. The van der Waals surface area contributed by atoms with Gasteiger partial charge >= 0.3 is 5.97 Å². The molecule has 0 rings (SSSR count). The minimum atomic E-state index is -0.864. The molecular formula is C10H18O3. The highest BCUT2D eigenvalue weighted by atomic mass is 16.4. The maximum absolute atomic E-state index is 10.1. The Morgan fingerprint density at radius 2 is 2.15 bits per heavy atom. The van der Waals surface area contributed by atoms with E-state index in [1.54, 1.807) is 6.08 Å². The molecule has 2 N–H and O–H groups in total. The van der Waals surface area contributed by atoms with Gasteiger partial charge in [-0.15, -0.1) is 0 Å². The molecule has 0 saturated heterocycles. The summed E-state index contributed by atoms with van der Waals surface area (Å²) in [6.45, 7) is 2.10. The lowest BCUT2D eigenvalue weighted by Crippen LogP contribution is -2.02. The van der Waals surface area contributed by atoms with Crippen LogP contribution in [0.4, 0.5) is 0 Å². The van der Waals surface area contributed by atoms with Gasteiger partial charge in [0.25, 0.3) is 0 Å². The van der Waals surface area contributed by atoms with Gasteiger partial charge in [-0.05, 0) is 6.42 Å². The van der Waals surface area contributed by atoms with E-state index in [9.17, 15) is 9.90 Å². The summed E-state index contributed by atoms with van der Waals surface area (Å²) in [5, 5.41) is 17.6. The van der Waals surface area contributed by atoms with Gasteiger partial charge in [0.05, 0.1) is 12.5 Å². The zero-order valence-electron chi connectivity index (χ0n) is 8.07. The van der Waals surface area contributed by atoms with Crippen LogP contribution in [0.3, 0.4) is 0 Å². The molecule has 0 aliphatic carbocycles. The van der Waals surface area contributed by atoms with Crippen molar-refractivity contribution in [2.24, 2.45) is 0 Å². The van der Waals surface area contributed by atoms with E-state index in [-0.39, 0.29) is 6.42 Å². The molecule has 1 unspecified atom stereocenters. The Morgan fingerprint density at radius 3 is 2.69 bits per heavy atom. The van der Waals surface area contributed by atoms with Crippen LogP contribution < -0.4 is 0 Å². The zero-order valence-corrected chi connectivity index (χ0v) is 8.07. The first-order valence-electron chi connectivity index (χ1n) is 4.73. The third kappa shape index (κ3) is 9.08. The van der Waals surface area contributed by atoms with Gasteiger partial charge in [0.15, 0.2) is 0 Å². The first-order valence-corrected chi connectivity index (χ1v) is 4.73. The summed E-state index contributed by atoms with van der Waals surface area (Å²) in [5.41, 5.74) is 0. The molecule has 0 radical (unpaired) electrons. The molecule has 3 nitrogen and oxygen atoms in total. The lowest BCUT2D eigenvalue weighted by atomic mass is 10.1. The first-order chi connectivity index (χ1) is 6.16. The largest absolute Gasteiger partial charge is 0.481 e. The Kier molecular flexibility index (Phi) is 7.30.